The van der Waals surface area contributed by atoms with Gasteiger partial charge in [-0.2, -0.15) is 0 Å². The first-order valence-electron chi connectivity index (χ1n) is 13.2. The summed E-state index contributed by atoms with van der Waals surface area (Å²) in [7, 11) is 1.64. The van der Waals surface area contributed by atoms with E-state index in [4.69, 9.17) is 19.2 Å². The van der Waals surface area contributed by atoms with Gasteiger partial charge in [-0.3, -0.25) is 19.1 Å². The van der Waals surface area contributed by atoms with Crippen LogP contribution in [0, 0.1) is 0 Å². The van der Waals surface area contributed by atoms with E-state index in [-0.39, 0.29) is 18.2 Å². The Labute approximate surface area is 229 Å². The molecule has 7 rings (SSSR count). The Kier molecular flexibility index (Phi) is 5.80. The number of carbonyl (C=O) groups is 2. The molecule has 0 radical (unpaired) electrons. The average Bonchev–Trinajstić information content (AvgIpc) is 3.63. The fraction of sp³-hybridized carbons (Fsp3) is 0.233. The van der Waals surface area contributed by atoms with Crippen molar-refractivity contribution >= 4 is 45.4 Å². The molecule has 0 saturated heterocycles. The molecule has 4 heterocycles. The third-order valence-corrected chi connectivity index (χ3v) is 7.47. The zero-order valence-electron chi connectivity index (χ0n) is 21.8. The van der Waals surface area contributed by atoms with Gasteiger partial charge in [0.1, 0.15) is 25.0 Å². The molecule has 2 N–H and O–H groups in total. The molecule has 0 bridgehead atoms. The summed E-state index contributed by atoms with van der Waals surface area (Å²) >= 11 is 0. The fourth-order valence-electron chi connectivity index (χ4n) is 5.54. The molecule has 2 amide bonds. The minimum Gasteiger partial charge on any atom is -0.497 e. The van der Waals surface area contributed by atoms with Crippen LogP contribution in [0.1, 0.15) is 18.0 Å². The van der Waals surface area contributed by atoms with Gasteiger partial charge in [-0.25, -0.2) is 4.98 Å². The summed E-state index contributed by atoms with van der Waals surface area (Å²) in [4.78, 5) is 36.8. The van der Waals surface area contributed by atoms with E-state index in [0.29, 0.717) is 49.3 Å². The zero-order chi connectivity index (χ0) is 27.2. The second kappa shape index (κ2) is 9.64. The summed E-state index contributed by atoms with van der Waals surface area (Å²) in [6.45, 7) is 1.38. The Balaban J connectivity index is 1.14. The van der Waals surface area contributed by atoms with E-state index in [1.807, 2.05) is 53.2 Å². The van der Waals surface area contributed by atoms with Crippen LogP contribution in [0.3, 0.4) is 0 Å². The van der Waals surface area contributed by atoms with E-state index in [0.717, 1.165) is 33.2 Å². The van der Waals surface area contributed by atoms with Gasteiger partial charge < -0.3 is 24.5 Å². The minimum absolute atomic E-state index is 0.0264. The molecule has 1 unspecified atom stereocenters. The minimum atomic E-state index is -0.706. The molecular formula is C30H27N5O5. The molecule has 0 saturated carbocycles. The number of benzene rings is 3. The Morgan fingerprint density at radius 1 is 1.10 bits per heavy atom. The van der Waals surface area contributed by atoms with Crippen LogP contribution in [0.2, 0.25) is 0 Å². The molecular weight excluding hydrogens is 510 g/mol. The van der Waals surface area contributed by atoms with Crippen molar-refractivity contribution in [1.29, 1.82) is 0 Å². The van der Waals surface area contributed by atoms with Crippen LogP contribution in [0.5, 0.6) is 17.2 Å². The highest BCUT2D eigenvalue weighted by Gasteiger charge is 2.40. The number of aromatic nitrogens is 3. The number of aromatic amines is 1. The summed E-state index contributed by atoms with van der Waals surface area (Å²) in [5.74, 6) is 2.14. The Hall–Kier alpha value is -4.99. The van der Waals surface area contributed by atoms with Crippen molar-refractivity contribution in [3.05, 3.63) is 72.4 Å². The largest absolute Gasteiger partial charge is 0.497 e. The van der Waals surface area contributed by atoms with Crippen LogP contribution in [0.25, 0.3) is 21.9 Å². The lowest BCUT2D eigenvalue weighted by Gasteiger charge is -2.19. The lowest BCUT2D eigenvalue weighted by atomic mass is 10.1. The second-order valence-electron chi connectivity index (χ2n) is 9.86. The summed E-state index contributed by atoms with van der Waals surface area (Å²) < 4.78 is 18.5. The molecule has 5 aromatic rings. The molecule has 1 atom stereocenters. The molecule has 3 aromatic carbocycles. The maximum atomic E-state index is 13.8. The van der Waals surface area contributed by atoms with Crippen molar-refractivity contribution in [3.63, 3.8) is 0 Å². The Morgan fingerprint density at radius 2 is 1.95 bits per heavy atom. The number of para-hydroxylation sites is 2. The lowest BCUT2D eigenvalue weighted by Crippen LogP contribution is -2.33. The third-order valence-electron chi connectivity index (χ3n) is 7.47. The molecule has 2 aliphatic heterocycles. The van der Waals surface area contributed by atoms with Gasteiger partial charge >= 0.3 is 0 Å². The maximum absolute atomic E-state index is 13.8. The number of hydrogen-bond acceptors (Lipinski definition) is 6. The first kappa shape index (κ1) is 24.1. The fourth-order valence-corrected chi connectivity index (χ4v) is 5.54. The molecule has 0 spiro atoms. The van der Waals surface area contributed by atoms with Crippen LogP contribution >= 0.6 is 0 Å². The summed E-state index contributed by atoms with van der Waals surface area (Å²) in [5, 5.41) is 3.97. The SMILES string of the molecule is COc1ccc2[nH]cc(CCN3C(=O)C(CC(=O)Nc4ccc5c(c4)OCCO5)n4c3nc3ccccc34)c2c1. The lowest BCUT2D eigenvalue weighted by molar-refractivity contribution is -0.124. The predicted octanol–water partition coefficient (Wildman–Crippen LogP) is 4.46. The van der Waals surface area contributed by atoms with Gasteiger partial charge in [-0.05, 0) is 54.4 Å². The van der Waals surface area contributed by atoms with Crippen LogP contribution in [0.15, 0.2) is 66.9 Å². The maximum Gasteiger partial charge on any atom is 0.253 e. The van der Waals surface area contributed by atoms with Crippen molar-refractivity contribution in [3.8, 4) is 17.2 Å². The van der Waals surface area contributed by atoms with Crippen molar-refractivity contribution in [2.45, 2.75) is 18.9 Å². The number of rotatable bonds is 7. The molecule has 202 valence electrons. The van der Waals surface area contributed by atoms with Gasteiger partial charge in [0.05, 0.1) is 24.6 Å². The van der Waals surface area contributed by atoms with E-state index in [1.54, 1.807) is 30.2 Å². The number of nitrogens with one attached hydrogen (secondary N) is 2. The normalized spacial score (nSPS) is 16.0. The highest BCUT2D eigenvalue weighted by molar-refractivity contribution is 6.05. The Morgan fingerprint density at radius 3 is 2.83 bits per heavy atom. The molecule has 10 heteroatoms. The number of amides is 2. The number of methoxy groups -OCH3 is 1. The second-order valence-corrected chi connectivity index (χ2v) is 9.86. The van der Waals surface area contributed by atoms with Crippen molar-refractivity contribution in [1.82, 2.24) is 14.5 Å². The molecule has 10 nitrogen and oxygen atoms in total. The van der Waals surface area contributed by atoms with Crippen LogP contribution in [-0.4, -0.2) is 53.2 Å². The number of anilines is 2. The number of imidazole rings is 1. The smallest absolute Gasteiger partial charge is 0.253 e. The molecule has 2 aromatic heterocycles. The van der Waals surface area contributed by atoms with Crippen molar-refractivity contribution < 1.29 is 23.8 Å². The van der Waals surface area contributed by atoms with Gasteiger partial charge in [-0.15, -0.1) is 0 Å². The Bertz CT molecular complexity index is 1770. The first-order valence-corrected chi connectivity index (χ1v) is 13.2. The average molecular weight is 538 g/mol. The summed E-state index contributed by atoms with van der Waals surface area (Å²) in [5.41, 5.74) is 4.27. The standard InChI is InChI=1S/C30H27N5O5/c1-38-20-7-8-22-21(15-20)18(17-31-22)10-11-34-29(37)25(35-24-5-3-2-4-23(24)33-30(34)35)16-28(36)32-19-6-9-26-27(14-19)40-13-12-39-26/h2-9,14-15,17,25,31H,10-13,16H2,1H3,(H,32,36). The third kappa shape index (κ3) is 4.08. The topological polar surface area (TPSA) is 111 Å². The summed E-state index contributed by atoms with van der Waals surface area (Å²) in [6, 6.07) is 18.1. The molecule has 0 fully saturated rings. The van der Waals surface area contributed by atoms with Crippen molar-refractivity contribution in [2.75, 3.05) is 37.1 Å². The highest BCUT2D eigenvalue weighted by Crippen LogP contribution is 2.38. The van der Waals surface area contributed by atoms with Gasteiger partial charge in [0.15, 0.2) is 11.5 Å². The summed E-state index contributed by atoms with van der Waals surface area (Å²) in [6.07, 6.45) is 2.55. The van der Waals surface area contributed by atoms with Gasteiger partial charge in [-0.1, -0.05) is 12.1 Å². The zero-order valence-corrected chi connectivity index (χ0v) is 21.8. The molecule has 40 heavy (non-hydrogen) atoms. The first-order chi connectivity index (χ1) is 19.6. The number of nitrogens with zero attached hydrogens (tertiary/aromatic N) is 3. The van der Waals surface area contributed by atoms with E-state index in [2.05, 4.69) is 10.3 Å². The number of carbonyl (C=O) groups excluding carboxylic acids is 2. The number of fused-ring (bicyclic) bond motifs is 5. The number of H-pyrrole nitrogens is 1. The predicted molar refractivity (Wildman–Crippen MR) is 150 cm³/mol. The highest BCUT2D eigenvalue weighted by atomic mass is 16.6. The van der Waals surface area contributed by atoms with Gasteiger partial charge in [0.25, 0.3) is 5.91 Å². The molecule has 0 aliphatic carbocycles. The van der Waals surface area contributed by atoms with E-state index >= 15 is 0 Å². The monoisotopic (exact) mass is 537 g/mol. The van der Waals surface area contributed by atoms with Crippen molar-refractivity contribution in [2.24, 2.45) is 0 Å². The van der Waals surface area contributed by atoms with Gasteiger partial charge in [0, 0.05) is 35.4 Å². The van der Waals surface area contributed by atoms with E-state index in [1.165, 1.54) is 0 Å². The van der Waals surface area contributed by atoms with Gasteiger partial charge in [0.2, 0.25) is 11.9 Å². The van der Waals surface area contributed by atoms with Crippen LogP contribution in [0.4, 0.5) is 11.6 Å². The number of ether oxygens (including phenoxy) is 3. The molecule has 2 aliphatic rings. The van der Waals surface area contributed by atoms with Crippen LogP contribution < -0.4 is 24.4 Å². The van der Waals surface area contributed by atoms with E-state index in [9.17, 15) is 9.59 Å². The van der Waals surface area contributed by atoms with E-state index < -0.39 is 6.04 Å². The quantitative estimate of drug-likeness (QED) is 0.317. The number of hydrogen-bond donors (Lipinski definition) is 2. The van der Waals surface area contributed by atoms with Crippen LogP contribution in [-0.2, 0) is 16.0 Å².